The second-order valence-corrected chi connectivity index (χ2v) is 6.16. The Morgan fingerprint density at radius 3 is 2.40 bits per heavy atom. The van der Waals surface area contributed by atoms with Crippen LogP contribution in [0.4, 0.5) is 0 Å². The van der Waals surface area contributed by atoms with Crippen LogP contribution < -0.4 is 15.2 Å². The maximum absolute atomic E-state index is 10.0. The molecule has 25 heavy (non-hydrogen) atoms. The molecule has 0 bridgehead atoms. The smallest absolute Gasteiger partial charge is 0.293 e. The summed E-state index contributed by atoms with van der Waals surface area (Å²) in [6, 6.07) is 9.72. The van der Waals surface area contributed by atoms with Gasteiger partial charge in [-0.3, -0.25) is 0 Å². The van der Waals surface area contributed by atoms with E-state index >= 15 is 0 Å². The minimum Gasteiger partial charge on any atom is -0.493 e. The summed E-state index contributed by atoms with van der Waals surface area (Å²) in [6.45, 7) is 0.584. The first kappa shape index (κ1) is 15.7. The summed E-state index contributed by atoms with van der Waals surface area (Å²) < 4.78 is 22.0. The summed E-state index contributed by atoms with van der Waals surface area (Å²) >= 11 is 0. The Bertz CT molecular complexity index is 864. The molecule has 1 aromatic rings. The zero-order chi connectivity index (χ0) is 17.9. The average molecular weight is 340 g/mol. The Balaban J connectivity index is 1.89. The molecule has 1 aromatic carbocycles. The van der Waals surface area contributed by atoms with Crippen molar-refractivity contribution in [1.82, 2.24) is 0 Å². The van der Waals surface area contributed by atoms with Crippen molar-refractivity contribution in [2.75, 3.05) is 27.4 Å². The number of fused-ring (bicyclic) bond motifs is 2. The number of nitrogens with two attached hydrogens (primary N) is 1. The van der Waals surface area contributed by atoms with Gasteiger partial charge in [-0.25, -0.2) is 4.99 Å². The molecule has 0 unspecified atom stereocenters. The number of nitrogens with zero attached hydrogens (tertiary/aromatic N) is 3. The van der Waals surface area contributed by atoms with Gasteiger partial charge in [0.2, 0.25) is 0 Å². The van der Waals surface area contributed by atoms with Gasteiger partial charge in [-0.15, -0.1) is 0 Å². The summed E-state index contributed by atoms with van der Waals surface area (Å²) in [5.74, 6) is -0.939. The number of ether oxygens (including phenoxy) is 4. The van der Waals surface area contributed by atoms with Crippen LogP contribution >= 0.6 is 0 Å². The van der Waals surface area contributed by atoms with E-state index in [0.29, 0.717) is 24.7 Å². The molecule has 0 amide bonds. The Morgan fingerprint density at radius 2 is 1.84 bits per heavy atom. The molecule has 1 saturated carbocycles. The van der Waals surface area contributed by atoms with Crippen LogP contribution in [0.5, 0.6) is 11.5 Å². The zero-order valence-electron chi connectivity index (χ0n) is 13.8. The number of hydrogen-bond acceptors (Lipinski definition) is 8. The van der Waals surface area contributed by atoms with Gasteiger partial charge in [0, 0.05) is 5.92 Å². The molecule has 1 spiro atoms. The van der Waals surface area contributed by atoms with Gasteiger partial charge in [-0.2, -0.15) is 10.5 Å². The van der Waals surface area contributed by atoms with Crippen molar-refractivity contribution in [3.63, 3.8) is 0 Å². The molecule has 2 heterocycles. The molecule has 1 aliphatic carbocycles. The minimum absolute atomic E-state index is 0.0678. The highest BCUT2D eigenvalue weighted by Crippen LogP contribution is 2.82. The summed E-state index contributed by atoms with van der Waals surface area (Å²) in [5.41, 5.74) is 4.20. The van der Waals surface area contributed by atoms with Crippen molar-refractivity contribution in [2.24, 2.45) is 21.6 Å². The van der Waals surface area contributed by atoms with Crippen LogP contribution in [0.2, 0.25) is 0 Å². The van der Waals surface area contributed by atoms with Crippen LogP contribution in [0.1, 0.15) is 11.5 Å². The molecule has 0 aromatic heterocycles. The van der Waals surface area contributed by atoms with Crippen LogP contribution in [0, 0.1) is 33.5 Å². The minimum atomic E-state index is -1.53. The quantitative estimate of drug-likeness (QED) is 0.866. The highest BCUT2D eigenvalue weighted by atomic mass is 16.8. The number of nitriles is 2. The predicted molar refractivity (Wildman–Crippen MR) is 84.6 cm³/mol. The van der Waals surface area contributed by atoms with E-state index in [1.54, 1.807) is 18.2 Å². The molecule has 128 valence electrons. The number of methoxy groups -OCH3 is 2. The van der Waals surface area contributed by atoms with E-state index in [-0.39, 0.29) is 5.84 Å². The Labute approximate surface area is 144 Å². The Hall–Kier alpha value is -2.81. The van der Waals surface area contributed by atoms with Crippen molar-refractivity contribution in [1.29, 1.82) is 10.5 Å². The molecular weight excluding hydrogens is 324 g/mol. The van der Waals surface area contributed by atoms with Crippen LogP contribution in [0.3, 0.4) is 0 Å². The lowest BCUT2D eigenvalue weighted by Gasteiger charge is -2.25. The second-order valence-electron chi connectivity index (χ2n) is 6.16. The fraction of sp³-hybridized carbons (Fsp3) is 0.471. The van der Waals surface area contributed by atoms with E-state index in [1.807, 2.05) is 0 Å². The summed E-state index contributed by atoms with van der Waals surface area (Å²) in [6.07, 6.45) is 0. The summed E-state index contributed by atoms with van der Waals surface area (Å²) in [7, 11) is 3.06. The zero-order valence-corrected chi connectivity index (χ0v) is 13.8. The van der Waals surface area contributed by atoms with Crippen molar-refractivity contribution in [3.05, 3.63) is 23.8 Å². The van der Waals surface area contributed by atoms with E-state index in [0.717, 1.165) is 5.56 Å². The Morgan fingerprint density at radius 1 is 1.16 bits per heavy atom. The van der Waals surface area contributed by atoms with Crippen LogP contribution in [0.15, 0.2) is 23.2 Å². The lowest BCUT2D eigenvalue weighted by Crippen LogP contribution is -2.38. The highest BCUT2D eigenvalue weighted by Gasteiger charge is 2.94. The van der Waals surface area contributed by atoms with Gasteiger partial charge in [-0.05, 0) is 17.7 Å². The third-order valence-electron chi connectivity index (χ3n) is 5.35. The number of rotatable bonds is 3. The molecule has 4 rings (SSSR count). The maximum Gasteiger partial charge on any atom is 0.293 e. The van der Waals surface area contributed by atoms with E-state index in [2.05, 4.69) is 17.1 Å². The van der Waals surface area contributed by atoms with Crippen molar-refractivity contribution < 1.29 is 18.9 Å². The van der Waals surface area contributed by atoms with Crippen LogP contribution in [0.25, 0.3) is 0 Å². The lowest BCUT2D eigenvalue weighted by atomic mass is 9.94. The largest absolute Gasteiger partial charge is 0.493 e. The van der Waals surface area contributed by atoms with Gasteiger partial charge in [0.05, 0.1) is 39.6 Å². The normalized spacial score (nSPS) is 33.9. The maximum atomic E-state index is 10.0. The number of benzene rings is 1. The third kappa shape index (κ3) is 1.50. The molecule has 3 aliphatic rings. The Kier molecular flexibility index (Phi) is 3.05. The molecule has 2 fully saturated rings. The van der Waals surface area contributed by atoms with E-state index in [9.17, 15) is 10.5 Å². The second kappa shape index (κ2) is 4.85. The fourth-order valence-corrected chi connectivity index (χ4v) is 4.25. The highest BCUT2D eigenvalue weighted by molar-refractivity contribution is 6.00. The van der Waals surface area contributed by atoms with Crippen LogP contribution in [-0.2, 0) is 9.47 Å². The molecule has 1 saturated heterocycles. The molecule has 2 aliphatic heterocycles. The molecular formula is C17H16N4O4. The third-order valence-corrected chi connectivity index (χ3v) is 5.35. The van der Waals surface area contributed by atoms with Gasteiger partial charge in [0.25, 0.3) is 5.91 Å². The first-order valence-electron chi connectivity index (χ1n) is 7.75. The SMILES string of the molecule is COc1ccc([C@@H]2[C@@]3(C#N)C4(N=C(N)[C@]23C#N)OCCO4)cc1OC. The molecule has 8 heteroatoms. The first-order chi connectivity index (χ1) is 12.1. The molecule has 3 atom stereocenters. The monoisotopic (exact) mass is 340 g/mol. The lowest BCUT2D eigenvalue weighted by molar-refractivity contribution is -0.184. The van der Waals surface area contributed by atoms with Gasteiger partial charge in [0.1, 0.15) is 11.3 Å². The first-order valence-corrected chi connectivity index (χ1v) is 7.75. The fourth-order valence-electron chi connectivity index (χ4n) is 4.25. The van der Waals surface area contributed by atoms with E-state index in [4.69, 9.17) is 24.7 Å². The molecule has 2 N–H and O–H groups in total. The van der Waals surface area contributed by atoms with Crippen LogP contribution in [-0.4, -0.2) is 39.2 Å². The van der Waals surface area contributed by atoms with Crippen molar-refractivity contribution >= 4 is 5.84 Å². The predicted octanol–water partition coefficient (Wildman–Crippen LogP) is 0.892. The van der Waals surface area contributed by atoms with Crippen molar-refractivity contribution in [2.45, 2.75) is 11.8 Å². The van der Waals surface area contributed by atoms with Gasteiger partial charge >= 0.3 is 0 Å². The van der Waals surface area contributed by atoms with E-state index < -0.39 is 22.7 Å². The number of aliphatic imine (C=N–C) groups is 1. The number of amidine groups is 1. The van der Waals surface area contributed by atoms with Gasteiger partial charge in [0.15, 0.2) is 16.9 Å². The van der Waals surface area contributed by atoms with Gasteiger partial charge < -0.3 is 24.7 Å². The van der Waals surface area contributed by atoms with E-state index in [1.165, 1.54) is 14.2 Å². The number of hydrogen-bond donors (Lipinski definition) is 1. The average Bonchev–Trinajstić information content (AvgIpc) is 2.89. The topological polar surface area (TPSA) is 123 Å². The van der Waals surface area contributed by atoms with Crippen molar-refractivity contribution in [3.8, 4) is 23.6 Å². The molecule has 0 radical (unpaired) electrons. The summed E-state index contributed by atoms with van der Waals surface area (Å²) in [5, 5.41) is 19.9. The standard InChI is InChI=1S/C17H16N4O4/c1-22-11-4-3-10(7-12(11)23-2)13-15(8-18)14(20)21-17(16(13,15)9-19)24-5-6-25-17/h3-4,7,13H,5-6H2,1-2H3,(H2,20,21)/t13-,15-,16+/m0/s1. The molecule has 8 nitrogen and oxygen atoms in total. The summed E-state index contributed by atoms with van der Waals surface area (Å²) in [4.78, 5) is 4.24. The van der Waals surface area contributed by atoms with Gasteiger partial charge in [-0.1, -0.05) is 6.07 Å².